The van der Waals surface area contributed by atoms with Crippen molar-refractivity contribution in [2.24, 2.45) is 5.73 Å². The lowest BCUT2D eigenvalue weighted by atomic mass is 9.93. The number of benzene rings is 1. The molecular formula is C13H17BN4O3. The summed E-state index contributed by atoms with van der Waals surface area (Å²) >= 11 is 0. The van der Waals surface area contributed by atoms with Crippen LogP contribution in [0.3, 0.4) is 0 Å². The molecule has 21 heavy (non-hydrogen) atoms. The van der Waals surface area contributed by atoms with Gasteiger partial charge >= 0.3 is 12.0 Å². The molecule has 1 rings (SSSR count). The molecule has 0 aliphatic carbocycles. The van der Waals surface area contributed by atoms with Crippen molar-refractivity contribution >= 4 is 36.8 Å². The Bertz CT molecular complexity index is 562. The van der Waals surface area contributed by atoms with Crippen molar-refractivity contribution < 1.29 is 14.3 Å². The molecule has 0 aliphatic heterocycles. The molecule has 0 aromatic heterocycles. The first kappa shape index (κ1) is 16.5. The first-order valence-corrected chi connectivity index (χ1v) is 6.20. The quantitative estimate of drug-likeness (QED) is 0.301. The van der Waals surface area contributed by atoms with Crippen molar-refractivity contribution in [1.82, 2.24) is 4.90 Å². The second-order valence-electron chi connectivity index (χ2n) is 4.22. The van der Waals surface area contributed by atoms with Gasteiger partial charge in [0.25, 0.3) is 0 Å². The number of hydrogen-bond donors (Lipinski definition) is 3. The van der Waals surface area contributed by atoms with Crippen LogP contribution in [-0.2, 0) is 9.53 Å². The fraction of sp³-hybridized carbons (Fsp3) is 0.308. The normalized spacial score (nSPS) is 9.81. The molecule has 2 radical (unpaired) electrons. The number of hydrogen-bond acceptors (Lipinski definition) is 5. The smallest absolute Gasteiger partial charge is 0.320 e. The molecular weight excluding hydrogens is 271 g/mol. The van der Waals surface area contributed by atoms with Gasteiger partial charge in [-0.25, -0.2) is 4.79 Å². The van der Waals surface area contributed by atoms with Crippen molar-refractivity contribution in [2.45, 2.75) is 6.42 Å². The minimum absolute atomic E-state index is 0.0334. The van der Waals surface area contributed by atoms with Gasteiger partial charge in [-0.05, 0) is 12.1 Å². The van der Waals surface area contributed by atoms with E-state index < -0.39 is 12.0 Å². The zero-order chi connectivity index (χ0) is 16.0. The Labute approximate surface area is 124 Å². The van der Waals surface area contributed by atoms with E-state index in [1.807, 2.05) is 0 Å². The van der Waals surface area contributed by atoms with Gasteiger partial charge in [0.2, 0.25) is 0 Å². The number of methoxy groups -OCH3 is 1. The average Bonchev–Trinajstić information content (AvgIpc) is 2.46. The third-order valence-corrected chi connectivity index (χ3v) is 2.87. The van der Waals surface area contributed by atoms with Crippen molar-refractivity contribution in [3.8, 4) is 0 Å². The molecule has 110 valence electrons. The molecule has 0 saturated heterocycles. The molecule has 0 heterocycles. The first-order valence-electron chi connectivity index (χ1n) is 6.20. The summed E-state index contributed by atoms with van der Waals surface area (Å²) in [5.41, 5.74) is 6.84. The van der Waals surface area contributed by atoms with Crippen LogP contribution in [0.1, 0.15) is 12.0 Å². The van der Waals surface area contributed by atoms with Gasteiger partial charge in [-0.3, -0.25) is 15.1 Å². The van der Waals surface area contributed by atoms with Gasteiger partial charge in [0.05, 0.1) is 13.5 Å². The number of rotatable bonds is 5. The summed E-state index contributed by atoms with van der Waals surface area (Å²) in [5.74, 6) is -0.601. The Balaban J connectivity index is 3.01. The molecule has 0 spiro atoms. The summed E-state index contributed by atoms with van der Waals surface area (Å²) in [7, 11) is 8.61. The molecule has 8 heteroatoms. The van der Waals surface area contributed by atoms with Crippen LogP contribution >= 0.6 is 0 Å². The lowest BCUT2D eigenvalue weighted by Gasteiger charge is -2.22. The molecule has 0 fully saturated rings. The van der Waals surface area contributed by atoms with E-state index in [0.717, 1.165) is 4.90 Å². The largest absolute Gasteiger partial charge is 0.469 e. The van der Waals surface area contributed by atoms with Gasteiger partial charge in [0.1, 0.15) is 13.7 Å². The third kappa shape index (κ3) is 4.23. The number of nitrogens with two attached hydrogens (primary N) is 1. The van der Waals surface area contributed by atoms with Gasteiger partial charge in [-0.1, -0.05) is 11.5 Å². The number of amides is 2. The van der Waals surface area contributed by atoms with E-state index in [1.165, 1.54) is 7.11 Å². The number of anilines is 1. The van der Waals surface area contributed by atoms with Crippen LogP contribution in [0.2, 0.25) is 0 Å². The summed E-state index contributed by atoms with van der Waals surface area (Å²) in [6.45, 7) is -0.0334. The molecule has 0 unspecified atom stereocenters. The Morgan fingerprint density at radius 1 is 1.48 bits per heavy atom. The number of carbonyl (C=O) groups excluding carboxylic acids is 2. The third-order valence-electron chi connectivity index (χ3n) is 2.87. The zero-order valence-corrected chi connectivity index (χ0v) is 12.0. The molecule has 4 N–H and O–H groups in total. The topological polar surface area (TPSA) is 109 Å². The fourth-order valence-corrected chi connectivity index (χ4v) is 1.76. The van der Waals surface area contributed by atoms with Crippen LogP contribution in [0.15, 0.2) is 18.2 Å². The zero-order valence-electron chi connectivity index (χ0n) is 12.0. The van der Waals surface area contributed by atoms with Gasteiger partial charge in [-0.2, -0.15) is 0 Å². The van der Waals surface area contributed by atoms with Crippen molar-refractivity contribution in [2.75, 3.05) is 26.0 Å². The van der Waals surface area contributed by atoms with Crippen LogP contribution in [0.4, 0.5) is 10.5 Å². The summed E-state index contributed by atoms with van der Waals surface area (Å²) in [4.78, 5) is 23.7. The SMILES string of the molecule is [B]c1ccc(C(=N)N(CCC(=O)OC)C(N)=O)c(NC)c1. The van der Waals surface area contributed by atoms with E-state index in [0.29, 0.717) is 16.7 Å². The first-order chi connectivity index (χ1) is 9.90. The van der Waals surface area contributed by atoms with Gasteiger partial charge < -0.3 is 15.8 Å². The highest BCUT2D eigenvalue weighted by Gasteiger charge is 2.20. The lowest BCUT2D eigenvalue weighted by molar-refractivity contribution is -0.140. The maximum Gasteiger partial charge on any atom is 0.320 e. The maximum absolute atomic E-state index is 11.5. The Kier molecular flexibility index (Phi) is 5.77. The second kappa shape index (κ2) is 7.32. The molecule has 1 aromatic carbocycles. The summed E-state index contributed by atoms with van der Waals surface area (Å²) in [6.07, 6.45) is -0.0499. The van der Waals surface area contributed by atoms with E-state index in [4.69, 9.17) is 19.0 Å². The lowest BCUT2D eigenvalue weighted by Crippen LogP contribution is -2.42. The van der Waals surface area contributed by atoms with Gasteiger partial charge in [0.15, 0.2) is 0 Å². The van der Waals surface area contributed by atoms with Gasteiger partial charge in [0, 0.05) is 24.8 Å². The van der Waals surface area contributed by atoms with Crippen LogP contribution in [0, 0.1) is 5.41 Å². The van der Waals surface area contributed by atoms with E-state index in [9.17, 15) is 9.59 Å². The predicted octanol–water partition coefficient (Wildman–Crippen LogP) is -0.209. The minimum atomic E-state index is -0.817. The van der Waals surface area contributed by atoms with E-state index in [1.54, 1.807) is 25.2 Å². The standard InChI is InChI=1S/C13H17BN4O3/c1-17-10-7-8(14)3-4-9(10)12(15)18(13(16)20)6-5-11(19)21-2/h3-4,7,15,17H,5-6H2,1-2H3,(H2,16,20). The molecule has 0 saturated carbocycles. The monoisotopic (exact) mass is 288 g/mol. The number of primary amides is 1. The molecule has 1 aromatic rings. The fourth-order valence-electron chi connectivity index (χ4n) is 1.76. The predicted molar refractivity (Wildman–Crippen MR) is 81.1 cm³/mol. The van der Waals surface area contributed by atoms with E-state index >= 15 is 0 Å². The van der Waals surface area contributed by atoms with Crippen LogP contribution < -0.4 is 16.5 Å². The maximum atomic E-state index is 11.5. The second-order valence-corrected chi connectivity index (χ2v) is 4.22. The molecule has 0 bridgehead atoms. The van der Waals surface area contributed by atoms with E-state index in [-0.39, 0.29) is 18.8 Å². The summed E-state index contributed by atoms with van der Waals surface area (Å²) < 4.78 is 4.51. The Hall–Kier alpha value is -2.51. The van der Waals surface area contributed by atoms with Gasteiger partial charge in [-0.15, -0.1) is 0 Å². The highest BCUT2D eigenvalue weighted by molar-refractivity contribution is 6.33. The number of ether oxygens (including phenoxy) is 1. The Morgan fingerprint density at radius 3 is 2.67 bits per heavy atom. The highest BCUT2D eigenvalue weighted by Crippen LogP contribution is 2.15. The molecule has 2 amide bonds. The summed E-state index contributed by atoms with van der Waals surface area (Å²) in [6, 6.07) is 4.05. The molecule has 7 nitrogen and oxygen atoms in total. The highest BCUT2D eigenvalue weighted by atomic mass is 16.5. The molecule has 0 atom stereocenters. The van der Waals surface area contributed by atoms with Crippen LogP contribution in [0.25, 0.3) is 0 Å². The van der Waals surface area contributed by atoms with Crippen LogP contribution in [-0.4, -0.2) is 51.3 Å². The number of carbonyl (C=O) groups is 2. The van der Waals surface area contributed by atoms with Crippen molar-refractivity contribution in [3.05, 3.63) is 23.8 Å². The minimum Gasteiger partial charge on any atom is -0.469 e. The number of esters is 1. The van der Waals surface area contributed by atoms with Crippen LogP contribution in [0.5, 0.6) is 0 Å². The van der Waals surface area contributed by atoms with Crippen molar-refractivity contribution in [3.63, 3.8) is 0 Å². The number of amidine groups is 1. The molecule has 0 aliphatic rings. The number of nitrogens with zero attached hydrogens (tertiary/aromatic N) is 1. The average molecular weight is 288 g/mol. The Morgan fingerprint density at radius 2 is 2.14 bits per heavy atom. The number of nitrogens with one attached hydrogen (secondary N) is 2. The number of urea groups is 1. The van der Waals surface area contributed by atoms with Crippen molar-refractivity contribution in [1.29, 1.82) is 5.41 Å². The summed E-state index contributed by atoms with van der Waals surface area (Å²) in [5, 5.41) is 11.0. The van der Waals surface area contributed by atoms with E-state index in [2.05, 4.69) is 10.1 Å².